The van der Waals surface area contributed by atoms with Gasteiger partial charge >= 0.3 is 6.61 Å². The Bertz CT molecular complexity index is 570. The van der Waals surface area contributed by atoms with E-state index in [0.29, 0.717) is 24.1 Å². The normalized spacial score (nSPS) is 19.9. The van der Waals surface area contributed by atoms with Crippen LogP contribution in [0, 0.1) is 0 Å². The van der Waals surface area contributed by atoms with Gasteiger partial charge in [-0.1, -0.05) is 18.2 Å². The van der Waals surface area contributed by atoms with Gasteiger partial charge in [0.05, 0.1) is 0 Å². The molecule has 1 atom stereocenters. The molecule has 1 heterocycles. The number of para-hydroxylation sites is 1. The van der Waals surface area contributed by atoms with Crippen LogP contribution in [0.5, 0.6) is 5.75 Å². The molecule has 0 radical (unpaired) electrons. The number of hydrogen-bond acceptors (Lipinski definition) is 4. The first kappa shape index (κ1) is 19.4. The van der Waals surface area contributed by atoms with Crippen LogP contribution in [-0.4, -0.2) is 75.7 Å². The van der Waals surface area contributed by atoms with Crippen molar-refractivity contribution in [1.29, 1.82) is 0 Å². The highest BCUT2D eigenvalue weighted by molar-refractivity contribution is 5.79. The Kier molecular flexibility index (Phi) is 7.39. The van der Waals surface area contributed by atoms with E-state index in [1.807, 2.05) is 0 Å². The zero-order valence-corrected chi connectivity index (χ0v) is 15.0. The second-order valence-corrected chi connectivity index (χ2v) is 6.19. The summed E-state index contributed by atoms with van der Waals surface area (Å²) >= 11 is 0. The monoisotopic (exact) mass is 355 g/mol. The van der Waals surface area contributed by atoms with Crippen LogP contribution in [0.2, 0.25) is 0 Å². The number of halogens is 2. The van der Waals surface area contributed by atoms with Gasteiger partial charge in [-0.15, -0.1) is 0 Å². The number of likely N-dealkylation sites (N-methyl/N-ethyl adjacent to an activating group) is 2. The van der Waals surface area contributed by atoms with Gasteiger partial charge < -0.3 is 20.3 Å². The molecule has 1 unspecified atom stereocenters. The van der Waals surface area contributed by atoms with E-state index in [0.717, 1.165) is 26.2 Å². The molecule has 1 aliphatic heterocycles. The average molecular weight is 355 g/mol. The fraction of sp³-hybridized carbons (Fsp3) is 0.588. The summed E-state index contributed by atoms with van der Waals surface area (Å²) in [6.45, 7) is 1.37. The first-order valence-corrected chi connectivity index (χ1v) is 8.35. The molecule has 140 valence electrons. The fourth-order valence-corrected chi connectivity index (χ4v) is 2.80. The van der Waals surface area contributed by atoms with E-state index in [1.54, 1.807) is 25.2 Å². The number of piperazine rings is 1. The predicted molar refractivity (Wildman–Crippen MR) is 95.2 cm³/mol. The summed E-state index contributed by atoms with van der Waals surface area (Å²) < 4.78 is 29.5. The lowest BCUT2D eigenvalue weighted by atomic mass is 10.2. The molecule has 1 aromatic rings. The molecule has 2 N–H and O–H groups in total. The van der Waals surface area contributed by atoms with Gasteiger partial charge in [-0.2, -0.15) is 8.78 Å². The minimum Gasteiger partial charge on any atom is -0.434 e. The summed E-state index contributed by atoms with van der Waals surface area (Å²) in [4.78, 5) is 8.83. The standard InChI is InChI=1S/C17H27F2N5O/c1-20-17(22-11-14-12-23(2)8-9-24(14)3)21-10-13-6-4-5-7-15(13)25-16(18)19/h4-7,14,16H,8-12H2,1-3H3,(H2,20,21,22). The Hall–Kier alpha value is -1.93. The topological polar surface area (TPSA) is 52.1 Å². The van der Waals surface area contributed by atoms with Gasteiger partial charge in [-0.25, -0.2) is 0 Å². The number of rotatable bonds is 6. The lowest BCUT2D eigenvalue weighted by Crippen LogP contribution is -2.55. The minimum atomic E-state index is -2.84. The minimum absolute atomic E-state index is 0.175. The number of alkyl halides is 2. The van der Waals surface area contributed by atoms with E-state index in [4.69, 9.17) is 0 Å². The summed E-state index contributed by atoms with van der Waals surface area (Å²) in [6, 6.07) is 7.14. The molecule has 1 aromatic carbocycles. The van der Waals surface area contributed by atoms with Crippen LogP contribution in [0.25, 0.3) is 0 Å². The van der Waals surface area contributed by atoms with Crippen LogP contribution in [-0.2, 0) is 6.54 Å². The third-order valence-electron chi connectivity index (χ3n) is 4.34. The van der Waals surface area contributed by atoms with Crippen molar-refractivity contribution in [3.05, 3.63) is 29.8 Å². The van der Waals surface area contributed by atoms with Crippen LogP contribution in [0.1, 0.15) is 5.56 Å². The van der Waals surface area contributed by atoms with Gasteiger partial charge in [0, 0.05) is 51.4 Å². The third-order valence-corrected chi connectivity index (χ3v) is 4.34. The van der Waals surface area contributed by atoms with Gasteiger partial charge in [-0.05, 0) is 20.2 Å². The van der Waals surface area contributed by atoms with Crippen molar-refractivity contribution in [2.75, 3.05) is 47.3 Å². The molecule has 0 aromatic heterocycles. The van der Waals surface area contributed by atoms with Crippen molar-refractivity contribution in [3.8, 4) is 5.75 Å². The van der Waals surface area contributed by atoms with Gasteiger partial charge in [0.1, 0.15) is 5.75 Å². The van der Waals surface area contributed by atoms with Gasteiger partial charge in [0.15, 0.2) is 5.96 Å². The number of hydrogen-bond donors (Lipinski definition) is 2. The van der Waals surface area contributed by atoms with Crippen molar-refractivity contribution in [3.63, 3.8) is 0 Å². The quantitative estimate of drug-likeness (QED) is 0.593. The van der Waals surface area contributed by atoms with Crippen molar-refractivity contribution in [1.82, 2.24) is 20.4 Å². The first-order chi connectivity index (χ1) is 12.0. The fourth-order valence-electron chi connectivity index (χ4n) is 2.80. The second-order valence-electron chi connectivity index (χ2n) is 6.19. The van der Waals surface area contributed by atoms with Gasteiger partial charge in [0.25, 0.3) is 0 Å². The molecule has 1 fully saturated rings. The molecule has 0 bridgehead atoms. The van der Waals surface area contributed by atoms with Crippen LogP contribution in [0.15, 0.2) is 29.3 Å². The Balaban J connectivity index is 1.86. The largest absolute Gasteiger partial charge is 0.434 e. The van der Waals surface area contributed by atoms with E-state index in [2.05, 4.69) is 44.3 Å². The number of benzene rings is 1. The summed E-state index contributed by atoms with van der Waals surface area (Å²) in [5, 5.41) is 6.45. The summed E-state index contributed by atoms with van der Waals surface area (Å²) in [7, 11) is 5.92. The SMILES string of the molecule is CN=C(NCc1ccccc1OC(F)F)NCC1CN(C)CCN1C. The first-order valence-electron chi connectivity index (χ1n) is 8.35. The molecular weight excluding hydrogens is 328 g/mol. The molecule has 8 heteroatoms. The van der Waals surface area contributed by atoms with Crippen LogP contribution in [0.4, 0.5) is 8.78 Å². The molecule has 25 heavy (non-hydrogen) atoms. The van der Waals surface area contributed by atoms with E-state index >= 15 is 0 Å². The number of nitrogens with zero attached hydrogens (tertiary/aromatic N) is 3. The summed E-state index contributed by atoms with van der Waals surface area (Å²) in [6.07, 6.45) is 0. The Morgan fingerprint density at radius 1 is 1.28 bits per heavy atom. The molecule has 0 aliphatic carbocycles. The molecular formula is C17H27F2N5O. The molecule has 1 aliphatic rings. The summed E-state index contributed by atoms with van der Waals surface area (Å²) in [5.41, 5.74) is 0.653. The van der Waals surface area contributed by atoms with E-state index in [1.165, 1.54) is 6.07 Å². The maximum Gasteiger partial charge on any atom is 0.387 e. The van der Waals surface area contributed by atoms with Crippen LogP contribution in [0.3, 0.4) is 0 Å². The molecule has 1 saturated heterocycles. The number of ether oxygens (including phenoxy) is 1. The number of aliphatic imine (C=N–C) groups is 1. The zero-order chi connectivity index (χ0) is 18.2. The van der Waals surface area contributed by atoms with Crippen molar-refractivity contribution < 1.29 is 13.5 Å². The number of guanidine groups is 1. The average Bonchev–Trinajstić information content (AvgIpc) is 2.58. The maximum atomic E-state index is 12.5. The van der Waals surface area contributed by atoms with Crippen LogP contribution >= 0.6 is 0 Å². The highest BCUT2D eigenvalue weighted by Crippen LogP contribution is 2.19. The van der Waals surface area contributed by atoms with E-state index < -0.39 is 6.61 Å². The molecule has 0 saturated carbocycles. The summed E-state index contributed by atoms with van der Waals surface area (Å²) in [5.74, 6) is 0.808. The Morgan fingerprint density at radius 3 is 2.76 bits per heavy atom. The lowest BCUT2D eigenvalue weighted by Gasteiger charge is -2.37. The van der Waals surface area contributed by atoms with Crippen molar-refractivity contribution in [2.45, 2.75) is 19.2 Å². The van der Waals surface area contributed by atoms with Gasteiger partial charge in [0.2, 0.25) is 0 Å². The van der Waals surface area contributed by atoms with Crippen LogP contribution < -0.4 is 15.4 Å². The third kappa shape index (κ3) is 6.13. The van der Waals surface area contributed by atoms with Crippen molar-refractivity contribution in [2.24, 2.45) is 4.99 Å². The molecule has 0 spiro atoms. The maximum absolute atomic E-state index is 12.5. The predicted octanol–water partition coefficient (Wildman–Crippen LogP) is 1.20. The smallest absolute Gasteiger partial charge is 0.387 e. The van der Waals surface area contributed by atoms with E-state index in [9.17, 15) is 8.78 Å². The zero-order valence-electron chi connectivity index (χ0n) is 15.0. The highest BCUT2D eigenvalue weighted by atomic mass is 19.3. The lowest BCUT2D eigenvalue weighted by molar-refractivity contribution is -0.0504. The highest BCUT2D eigenvalue weighted by Gasteiger charge is 2.22. The molecule has 6 nitrogen and oxygen atoms in total. The second kappa shape index (κ2) is 9.53. The van der Waals surface area contributed by atoms with Gasteiger partial charge in [-0.3, -0.25) is 9.89 Å². The Morgan fingerprint density at radius 2 is 2.04 bits per heavy atom. The Labute approximate surface area is 147 Å². The van der Waals surface area contributed by atoms with Crippen molar-refractivity contribution >= 4 is 5.96 Å². The molecule has 2 rings (SSSR count). The van der Waals surface area contributed by atoms with E-state index in [-0.39, 0.29) is 5.75 Å². The number of nitrogens with one attached hydrogen (secondary N) is 2. The molecule has 0 amide bonds.